The summed E-state index contributed by atoms with van der Waals surface area (Å²) >= 11 is 0. The maximum absolute atomic E-state index is 5.34. The molecule has 62 valence electrons. The molecule has 1 heterocycles. The zero-order chi connectivity index (χ0) is 8.32. The van der Waals surface area contributed by atoms with Crippen LogP contribution < -0.4 is 0 Å². The third-order valence-corrected chi connectivity index (χ3v) is 3.01. The van der Waals surface area contributed by atoms with Gasteiger partial charge in [0.15, 0.2) is 0 Å². The summed E-state index contributed by atoms with van der Waals surface area (Å²) in [7, 11) is 2.29. The molecule has 0 N–H and O–H groups in total. The average molecular weight is 152 g/mol. The van der Waals surface area contributed by atoms with E-state index in [0.717, 1.165) is 17.1 Å². The van der Waals surface area contributed by atoms with Crippen molar-refractivity contribution < 1.29 is 4.48 Å². The van der Waals surface area contributed by atoms with E-state index in [1.807, 2.05) is 0 Å². The fourth-order valence-corrected chi connectivity index (χ4v) is 2.24. The molecular weight excluding hydrogens is 134 g/mol. The van der Waals surface area contributed by atoms with E-state index in [0.29, 0.717) is 0 Å². The van der Waals surface area contributed by atoms with Crippen LogP contribution in [0.15, 0.2) is 0 Å². The molecule has 0 spiro atoms. The monoisotopic (exact) mass is 152 g/mol. The summed E-state index contributed by atoms with van der Waals surface area (Å²) < 4.78 is 1.12. The molecule has 0 bridgehead atoms. The van der Waals surface area contributed by atoms with Gasteiger partial charge in [0.1, 0.15) is 6.54 Å². The molecule has 1 fully saturated rings. The Bertz CT molecular complexity index is 168. The van der Waals surface area contributed by atoms with Gasteiger partial charge in [-0.05, 0) is 12.3 Å². The molecule has 1 saturated heterocycles. The molecule has 1 aliphatic heterocycles. The third kappa shape index (κ3) is 1.57. The lowest BCUT2D eigenvalue weighted by Gasteiger charge is -2.33. The van der Waals surface area contributed by atoms with E-state index in [-0.39, 0.29) is 0 Å². The number of hydrogen-bond donors (Lipinski definition) is 0. The van der Waals surface area contributed by atoms with E-state index in [2.05, 4.69) is 19.9 Å². The summed E-state index contributed by atoms with van der Waals surface area (Å²) in [6, 6.07) is 0.825. The molecule has 0 saturated carbocycles. The predicted molar refractivity (Wildman–Crippen MR) is 48.1 cm³/mol. The molecule has 0 aromatic rings. The van der Waals surface area contributed by atoms with Gasteiger partial charge < -0.3 is 4.48 Å². The first kappa shape index (κ1) is 8.62. The van der Waals surface area contributed by atoms with Gasteiger partial charge in [0, 0.05) is 12.8 Å². The quantitative estimate of drug-likeness (QED) is 0.417. The van der Waals surface area contributed by atoms with Gasteiger partial charge in [0.25, 0.3) is 0 Å². The number of hydrogen-bond acceptors (Lipinski definition) is 0. The number of likely N-dealkylation sites (tertiary alicyclic amines) is 1. The van der Waals surface area contributed by atoms with Crippen LogP contribution in [0.2, 0.25) is 0 Å². The first-order valence-electron chi connectivity index (χ1n) is 4.50. The van der Waals surface area contributed by atoms with Gasteiger partial charge in [0.05, 0.1) is 19.6 Å². The maximum atomic E-state index is 5.34. The minimum absolute atomic E-state index is 0.825. The molecular formula is C10H18N+. The van der Waals surface area contributed by atoms with Gasteiger partial charge in [-0.25, -0.2) is 0 Å². The average Bonchev–Trinajstić information content (AvgIpc) is 2.31. The van der Waals surface area contributed by atoms with Crippen LogP contribution in [0.1, 0.15) is 26.2 Å². The van der Waals surface area contributed by atoms with Crippen molar-refractivity contribution in [3.05, 3.63) is 0 Å². The molecule has 1 aliphatic rings. The molecule has 0 aromatic carbocycles. The van der Waals surface area contributed by atoms with Crippen molar-refractivity contribution in [2.45, 2.75) is 32.2 Å². The second kappa shape index (κ2) is 3.28. The highest BCUT2D eigenvalue weighted by atomic mass is 15.4. The highest BCUT2D eigenvalue weighted by molar-refractivity contribution is 4.85. The molecule has 1 rings (SSSR count). The number of nitrogens with zero attached hydrogens (tertiary/aromatic N) is 1. The van der Waals surface area contributed by atoms with Crippen LogP contribution in [0.5, 0.6) is 0 Å². The molecule has 1 unspecified atom stereocenters. The third-order valence-electron chi connectivity index (χ3n) is 3.01. The summed E-state index contributed by atoms with van der Waals surface area (Å²) in [5.74, 6) is 2.79. The van der Waals surface area contributed by atoms with E-state index in [4.69, 9.17) is 6.42 Å². The Hall–Kier alpha value is -0.480. The van der Waals surface area contributed by atoms with Crippen LogP contribution in [-0.2, 0) is 0 Å². The minimum atomic E-state index is 0.825. The van der Waals surface area contributed by atoms with Crippen molar-refractivity contribution in [1.29, 1.82) is 0 Å². The van der Waals surface area contributed by atoms with Crippen molar-refractivity contribution in [3.63, 3.8) is 0 Å². The fraction of sp³-hybridized carbons (Fsp3) is 0.800. The normalized spacial score (nSPS) is 37.0. The Morgan fingerprint density at radius 1 is 1.64 bits per heavy atom. The Kier molecular flexibility index (Phi) is 2.57. The zero-order valence-corrected chi connectivity index (χ0v) is 7.64. The highest BCUT2D eigenvalue weighted by Crippen LogP contribution is 2.26. The second-order valence-corrected chi connectivity index (χ2v) is 3.77. The fourth-order valence-electron chi connectivity index (χ4n) is 2.24. The topological polar surface area (TPSA) is 0 Å². The van der Waals surface area contributed by atoms with Crippen molar-refractivity contribution in [2.75, 3.05) is 20.1 Å². The van der Waals surface area contributed by atoms with Crippen LogP contribution in [0, 0.1) is 12.3 Å². The number of terminal acetylenes is 1. The summed E-state index contributed by atoms with van der Waals surface area (Å²) in [5.41, 5.74) is 0. The first-order chi connectivity index (χ1) is 5.23. The Labute approximate surface area is 70.0 Å². The maximum Gasteiger partial charge on any atom is 0.140 e. The highest BCUT2D eigenvalue weighted by Gasteiger charge is 2.35. The minimum Gasteiger partial charge on any atom is -0.314 e. The molecule has 1 heteroatoms. The van der Waals surface area contributed by atoms with E-state index in [9.17, 15) is 0 Å². The summed E-state index contributed by atoms with van der Waals surface area (Å²) in [5, 5.41) is 0. The Morgan fingerprint density at radius 2 is 2.36 bits per heavy atom. The van der Waals surface area contributed by atoms with Gasteiger partial charge in [-0.15, -0.1) is 6.42 Å². The van der Waals surface area contributed by atoms with Crippen LogP contribution in [0.3, 0.4) is 0 Å². The van der Waals surface area contributed by atoms with E-state index in [1.54, 1.807) is 0 Å². The van der Waals surface area contributed by atoms with Gasteiger partial charge in [-0.1, -0.05) is 6.92 Å². The Balaban J connectivity index is 2.60. The number of rotatable bonds is 2. The molecule has 0 amide bonds. The van der Waals surface area contributed by atoms with Crippen molar-refractivity contribution in [2.24, 2.45) is 0 Å². The second-order valence-electron chi connectivity index (χ2n) is 3.77. The SMILES string of the molecule is C#CC[N+]1(C)CCC[C@H]1CC. The zero-order valence-electron chi connectivity index (χ0n) is 7.64. The van der Waals surface area contributed by atoms with E-state index in [1.165, 1.54) is 25.8 Å². The smallest absolute Gasteiger partial charge is 0.140 e. The lowest BCUT2D eigenvalue weighted by molar-refractivity contribution is -0.914. The summed E-state index contributed by atoms with van der Waals surface area (Å²) in [6.07, 6.45) is 9.35. The van der Waals surface area contributed by atoms with Crippen molar-refractivity contribution in [1.82, 2.24) is 0 Å². The lowest BCUT2D eigenvalue weighted by atomic mass is 10.1. The molecule has 0 aromatic heterocycles. The van der Waals surface area contributed by atoms with Crippen molar-refractivity contribution >= 4 is 0 Å². The van der Waals surface area contributed by atoms with E-state index < -0.39 is 0 Å². The van der Waals surface area contributed by atoms with Crippen LogP contribution in [-0.4, -0.2) is 30.7 Å². The van der Waals surface area contributed by atoms with Gasteiger partial charge >= 0.3 is 0 Å². The first-order valence-corrected chi connectivity index (χ1v) is 4.50. The predicted octanol–water partition coefficient (Wildman–Crippen LogP) is 1.64. The van der Waals surface area contributed by atoms with Gasteiger partial charge in [-0.3, -0.25) is 0 Å². The van der Waals surface area contributed by atoms with Crippen LogP contribution in [0.4, 0.5) is 0 Å². The van der Waals surface area contributed by atoms with Crippen molar-refractivity contribution in [3.8, 4) is 12.3 Å². The number of quaternary nitrogens is 1. The van der Waals surface area contributed by atoms with E-state index >= 15 is 0 Å². The summed E-state index contributed by atoms with van der Waals surface area (Å²) in [4.78, 5) is 0. The molecule has 1 nitrogen and oxygen atoms in total. The standard InChI is InChI=1S/C10H18N/c1-4-8-11(3)9-6-7-10(11)5-2/h1,10H,5-9H2,2-3H3/q+1/t10-,11?/m1/s1. The van der Waals surface area contributed by atoms with Crippen LogP contribution in [0.25, 0.3) is 0 Å². The van der Waals surface area contributed by atoms with Gasteiger partial charge in [0.2, 0.25) is 0 Å². The molecule has 0 aliphatic carbocycles. The lowest BCUT2D eigenvalue weighted by Crippen LogP contribution is -2.47. The molecule has 2 atom stereocenters. The van der Waals surface area contributed by atoms with Crippen LogP contribution >= 0.6 is 0 Å². The summed E-state index contributed by atoms with van der Waals surface area (Å²) in [6.45, 7) is 4.46. The molecule has 0 radical (unpaired) electrons. The Morgan fingerprint density at radius 3 is 2.91 bits per heavy atom. The molecule has 11 heavy (non-hydrogen) atoms. The van der Waals surface area contributed by atoms with Gasteiger partial charge in [-0.2, -0.15) is 0 Å². The largest absolute Gasteiger partial charge is 0.314 e.